The first kappa shape index (κ1) is 13.1. The van der Waals surface area contributed by atoms with Gasteiger partial charge in [0, 0.05) is 35.5 Å². The molecule has 0 radical (unpaired) electrons. The van der Waals surface area contributed by atoms with Gasteiger partial charge in [-0.3, -0.25) is 15.0 Å². The SMILES string of the molecule is NNC(=O)c1oc2ccccc2c1Cn1ccc(=O)cc1. The molecule has 3 aromatic rings. The van der Waals surface area contributed by atoms with Crippen LogP contribution >= 0.6 is 0 Å². The van der Waals surface area contributed by atoms with Gasteiger partial charge in [0.2, 0.25) is 0 Å². The summed E-state index contributed by atoms with van der Waals surface area (Å²) in [5.74, 6) is 4.89. The summed E-state index contributed by atoms with van der Waals surface area (Å²) in [5, 5.41) is 0.842. The lowest BCUT2D eigenvalue weighted by Gasteiger charge is -2.06. The van der Waals surface area contributed by atoms with E-state index in [0.29, 0.717) is 12.1 Å². The highest BCUT2D eigenvalue weighted by Crippen LogP contribution is 2.26. The third kappa shape index (κ3) is 2.44. The van der Waals surface area contributed by atoms with E-state index in [4.69, 9.17) is 10.3 Å². The third-order valence-electron chi connectivity index (χ3n) is 3.24. The smallest absolute Gasteiger partial charge is 0.301 e. The van der Waals surface area contributed by atoms with Gasteiger partial charge in [-0.2, -0.15) is 0 Å². The van der Waals surface area contributed by atoms with Crippen molar-refractivity contribution in [2.75, 3.05) is 0 Å². The Hall–Kier alpha value is -2.86. The van der Waals surface area contributed by atoms with Gasteiger partial charge in [0.1, 0.15) is 5.58 Å². The predicted molar refractivity (Wildman–Crippen MR) is 77.7 cm³/mol. The number of nitrogens with zero attached hydrogens (tertiary/aromatic N) is 1. The normalized spacial score (nSPS) is 10.7. The number of benzene rings is 1. The summed E-state index contributed by atoms with van der Waals surface area (Å²) >= 11 is 0. The zero-order chi connectivity index (χ0) is 14.8. The van der Waals surface area contributed by atoms with E-state index in [1.54, 1.807) is 23.0 Å². The Morgan fingerprint density at radius 2 is 1.90 bits per heavy atom. The van der Waals surface area contributed by atoms with Crippen LogP contribution < -0.4 is 16.7 Å². The summed E-state index contributed by atoms with van der Waals surface area (Å²) in [6, 6.07) is 10.3. The van der Waals surface area contributed by atoms with E-state index in [1.165, 1.54) is 12.1 Å². The first-order chi connectivity index (χ1) is 10.2. The highest BCUT2D eigenvalue weighted by Gasteiger charge is 2.19. The van der Waals surface area contributed by atoms with Gasteiger partial charge in [-0.1, -0.05) is 18.2 Å². The molecule has 0 spiro atoms. The molecule has 2 aromatic heterocycles. The molecule has 0 aliphatic carbocycles. The van der Waals surface area contributed by atoms with Crippen LogP contribution in [-0.2, 0) is 6.54 Å². The van der Waals surface area contributed by atoms with E-state index in [0.717, 1.165) is 10.9 Å². The quantitative estimate of drug-likeness (QED) is 0.430. The minimum atomic E-state index is -0.484. The molecule has 21 heavy (non-hydrogen) atoms. The highest BCUT2D eigenvalue weighted by molar-refractivity contribution is 5.98. The monoisotopic (exact) mass is 283 g/mol. The van der Waals surface area contributed by atoms with Crippen LogP contribution in [0.1, 0.15) is 16.1 Å². The van der Waals surface area contributed by atoms with Crippen LogP contribution in [0.5, 0.6) is 0 Å². The number of aromatic nitrogens is 1. The zero-order valence-electron chi connectivity index (χ0n) is 11.1. The molecule has 3 rings (SSSR count). The number of fused-ring (bicyclic) bond motifs is 1. The summed E-state index contributed by atoms with van der Waals surface area (Å²) in [6.45, 7) is 0.403. The van der Waals surface area contributed by atoms with Gasteiger partial charge >= 0.3 is 5.91 Å². The van der Waals surface area contributed by atoms with Crippen molar-refractivity contribution in [1.82, 2.24) is 9.99 Å². The summed E-state index contributed by atoms with van der Waals surface area (Å²) in [6.07, 6.45) is 3.32. The Bertz CT molecular complexity index is 843. The van der Waals surface area contributed by atoms with Crippen molar-refractivity contribution < 1.29 is 9.21 Å². The number of carbonyl (C=O) groups excluding carboxylic acids is 1. The lowest BCUT2D eigenvalue weighted by Crippen LogP contribution is -2.30. The molecule has 0 unspecified atom stereocenters. The number of hydrazine groups is 1. The molecular weight excluding hydrogens is 270 g/mol. The van der Waals surface area contributed by atoms with Gasteiger partial charge in [-0.15, -0.1) is 0 Å². The van der Waals surface area contributed by atoms with Crippen LogP contribution in [0.15, 0.2) is 58.0 Å². The number of rotatable bonds is 3. The Morgan fingerprint density at radius 1 is 1.19 bits per heavy atom. The fourth-order valence-corrected chi connectivity index (χ4v) is 2.24. The molecule has 3 N–H and O–H groups in total. The second-order valence-corrected chi connectivity index (χ2v) is 4.59. The maximum Gasteiger partial charge on any atom is 0.301 e. The largest absolute Gasteiger partial charge is 0.450 e. The van der Waals surface area contributed by atoms with Crippen LogP contribution in [0.4, 0.5) is 0 Å². The fourth-order valence-electron chi connectivity index (χ4n) is 2.24. The van der Waals surface area contributed by atoms with Crippen molar-refractivity contribution in [2.24, 2.45) is 5.84 Å². The molecular formula is C15H13N3O3. The Labute approximate surface area is 119 Å². The molecule has 0 saturated heterocycles. The van der Waals surface area contributed by atoms with E-state index in [9.17, 15) is 9.59 Å². The molecule has 1 amide bonds. The summed E-state index contributed by atoms with van der Waals surface area (Å²) < 4.78 is 7.38. The third-order valence-corrected chi connectivity index (χ3v) is 3.24. The molecule has 0 aliphatic heterocycles. The zero-order valence-corrected chi connectivity index (χ0v) is 11.1. The number of para-hydroxylation sites is 1. The standard InChI is InChI=1S/C15H13N3O3/c16-17-15(20)14-12(9-18-7-5-10(19)6-8-18)11-3-1-2-4-13(11)21-14/h1-8H,9,16H2,(H,17,20). The first-order valence-corrected chi connectivity index (χ1v) is 6.36. The van der Waals surface area contributed by atoms with Crippen molar-refractivity contribution in [1.29, 1.82) is 0 Å². The molecule has 0 atom stereocenters. The van der Waals surface area contributed by atoms with Gasteiger partial charge in [0.25, 0.3) is 0 Å². The number of nitrogen functional groups attached to an aromatic ring is 1. The maximum absolute atomic E-state index is 11.9. The van der Waals surface area contributed by atoms with Gasteiger partial charge < -0.3 is 8.98 Å². The maximum atomic E-state index is 11.9. The molecule has 106 valence electrons. The van der Waals surface area contributed by atoms with E-state index in [1.807, 2.05) is 18.2 Å². The topological polar surface area (TPSA) is 90.3 Å². The number of hydrogen-bond donors (Lipinski definition) is 2. The summed E-state index contributed by atoms with van der Waals surface area (Å²) in [5.41, 5.74) is 3.36. The second-order valence-electron chi connectivity index (χ2n) is 4.59. The van der Waals surface area contributed by atoms with Crippen molar-refractivity contribution >= 4 is 16.9 Å². The molecule has 6 heteroatoms. The minimum absolute atomic E-state index is 0.0665. The number of amides is 1. The predicted octanol–water partition coefficient (Wildman–Crippen LogP) is 1.25. The molecule has 0 fully saturated rings. The number of furan rings is 1. The molecule has 0 saturated carbocycles. The van der Waals surface area contributed by atoms with Crippen LogP contribution in [-0.4, -0.2) is 10.5 Å². The summed E-state index contributed by atoms with van der Waals surface area (Å²) in [4.78, 5) is 23.0. The van der Waals surface area contributed by atoms with Gasteiger partial charge in [-0.05, 0) is 6.07 Å². The molecule has 2 heterocycles. The molecule has 0 bridgehead atoms. The van der Waals surface area contributed by atoms with Crippen molar-refractivity contribution in [2.45, 2.75) is 6.54 Å². The average molecular weight is 283 g/mol. The van der Waals surface area contributed by atoms with Gasteiger partial charge in [0.15, 0.2) is 11.2 Å². The van der Waals surface area contributed by atoms with E-state index in [2.05, 4.69) is 5.43 Å². The van der Waals surface area contributed by atoms with Crippen LogP contribution in [0, 0.1) is 0 Å². The van der Waals surface area contributed by atoms with Crippen molar-refractivity contribution in [3.05, 3.63) is 70.3 Å². The number of nitrogens with one attached hydrogen (secondary N) is 1. The average Bonchev–Trinajstić information content (AvgIpc) is 2.88. The lowest BCUT2D eigenvalue weighted by atomic mass is 10.1. The van der Waals surface area contributed by atoms with E-state index in [-0.39, 0.29) is 11.2 Å². The second kappa shape index (κ2) is 5.26. The van der Waals surface area contributed by atoms with E-state index < -0.39 is 5.91 Å². The van der Waals surface area contributed by atoms with Crippen LogP contribution in [0.25, 0.3) is 11.0 Å². The van der Waals surface area contributed by atoms with Crippen LogP contribution in [0.3, 0.4) is 0 Å². The van der Waals surface area contributed by atoms with Crippen molar-refractivity contribution in [3.8, 4) is 0 Å². The fraction of sp³-hybridized carbons (Fsp3) is 0.0667. The number of hydrogen-bond acceptors (Lipinski definition) is 4. The lowest BCUT2D eigenvalue weighted by molar-refractivity contribution is 0.0926. The van der Waals surface area contributed by atoms with Crippen LogP contribution in [0.2, 0.25) is 0 Å². The van der Waals surface area contributed by atoms with Gasteiger partial charge in [-0.25, -0.2) is 5.84 Å². The van der Waals surface area contributed by atoms with E-state index >= 15 is 0 Å². The molecule has 1 aromatic carbocycles. The Morgan fingerprint density at radius 3 is 2.62 bits per heavy atom. The number of pyridine rings is 1. The highest BCUT2D eigenvalue weighted by atomic mass is 16.3. The number of nitrogens with two attached hydrogens (primary N) is 1. The molecule has 0 aliphatic rings. The Balaban J connectivity index is 2.12. The Kier molecular flexibility index (Phi) is 3.29. The number of carbonyl (C=O) groups is 1. The van der Waals surface area contributed by atoms with Crippen molar-refractivity contribution in [3.63, 3.8) is 0 Å². The molecule has 6 nitrogen and oxygen atoms in total. The van der Waals surface area contributed by atoms with Gasteiger partial charge in [0.05, 0.1) is 6.54 Å². The summed E-state index contributed by atoms with van der Waals surface area (Å²) in [7, 11) is 0. The first-order valence-electron chi connectivity index (χ1n) is 6.36. The minimum Gasteiger partial charge on any atom is -0.450 e.